The molecule has 1 atom stereocenters. The average Bonchev–Trinajstić information content (AvgIpc) is 2.66. The first-order chi connectivity index (χ1) is 12.1. The Hall–Kier alpha value is -2.93. The van der Waals surface area contributed by atoms with Crippen molar-refractivity contribution in [3.8, 4) is 28.7 Å². The molecule has 1 N–H and O–H groups in total. The van der Waals surface area contributed by atoms with E-state index in [0.29, 0.717) is 23.0 Å². The molecule has 0 saturated carbocycles. The van der Waals surface area contributed by atoms with Crippen LogP contribution in [0.5, 0.6) is 28.7 Å². The van der Waals surface area contributed by atoms with Crippen LogP contribution >= 0.6 is 0 Å². The minimum absolute atomic E-state index is 0.240. The van der Waals surface area contributed by atoms with Crippen molar-refractivity contribution in [2.75, 3.05) is 27.9 Å². The summed E-state index contributed by atoms with van der Waals surface area (Å²) in [5.74, 6) is 1.18. The number of aliphatic hydroxyl groups is 1. The summed E-state index contributed by atoms with van der Waals surface area (Å²) in [6.45, 7) is -0.551. The van der Waals surface area contributed by atoms with Crippen molar-refractivity contribution in [3.05, 3.63) is 42.5 Å². The van der Waals surface area contributed by atoms with Gasteiger partial charge in [0.25, 0.3) is 0 Å². The number of carbonyl (C=O) groups excluding carboxylic acids is 1. The largest absolute Gasteiger partial charge is 0.493 e. The highest BCUT2D eigenvalue weighted by atomic mass is 16.6. The second kappa shape index (κ2) is 8.79. The van der Waals surface area contributed by atoms with Gasteiger partial charge in [0.05, 0.1) is 27.9 Å². The molecule has 1 unspecified atom stereocenters. The Morgan fingerprint density at radius 2 is 1.52 bits per heavy atom. The maximum Gasteiger partial charge on any atom is 0.355 e. The summed E-state index contributed by atoms with van der Waals surface area (Å²) in [5.41, 5.74) is 0. The van der Waals surface area contributed by atoms with Crippen LogP contribution in [0.25, 0.3) is 0 Å². The summed E-state index contributed by atoms with van der Waals surface area (Å²) in [6, 6.07) is 11.5. The molecule has 0 bridgehead atoms. The lowest BCUT2D eigenvalue weighted by Crippen LogP contribution is -2.34. The molecule has 2 aromatic carbocycles. The molecule has 0 radical (unpaired) electrons. The van der Waals surface area contributed by atoms with Gasteiger partial charge in [-0.1, -0.05) is 12.1 Å². The lowest BCUT2D eigenvalue weighted by atomic mass is 10.3. The minimum atomic E-state index is -1.20. The average molecular weight is 348 g/mol. The monoisotopic (exact) mass is 348 g/mol. The van der Waals surface area contributed by atoms with Crippen LogP contribution in [-0.4, -0.2) is 45.1 Å². The highest BCUT2D eigenvalue weighted by molar-refractivity contribution is 5.78. The van der Waals surface area contributed by atoms with Crippen molar-refractivity contribution >= 4 is 5.97 Å². The third-order valence-electron chi connectivity index (χ3n) is 3.34. The molecular weight excluding hydrogens is 328 g/mol. The summed E-state index contributed by atoms with van der Waals surface area (Å²) in [7, 11) is 4.47. The van der Waals surface area contributed by atoms with Gasteiger partial charge < -0.3 is 28.8 Å². The molecule has 0 amide bonds. The van der Waals surface area contributed by atoms with Crippen molar-refractivity contribution in [1.29, 1.82) is 0 Å². The van der Waals surface area contributed by atoms with Gasteiger partial charge in [-0.25, -0.2) is 4.79 Å². The van der Waals surface area contributed by atoms with Crippen LogP contribution in [0.4, 0.5) is 0 Å². The highest BCUT2D eigenvalue weighted by Crippen LogP contribution is 2.31. The molecule has 0 aromatic heterocycles. The lowest BCUT2D eigenvalue weighted by molar-refractivity contribution is -0.144. The molecule has 7 heteroatoms. The Morgan fingerprint density at radius 1 is 0.920 bits per heavy atom. The Bertz CT molecular complexity index is 714. The number of para-hydroxylation sites is 2. The Balaban J connectivity index is 2.12. The number of esters is 1. The normalized spacial score (nSPS) is 11.4. The van der Waals surface area contributed by atoms with Gasteiger partial charge in [-0.15, -0.1) is 0 Å². The number of hydrogen-bond acceptors (Lipinski definition) is 7. The van der Waals surface area contributed by atoms with Crippen LogP contribution in [0.1, 0.15) is 0 Å². The molecule has 7 nitrogen and oxygen atoms in total. The zero-order chi connectivity index (χ0) is 18.2. The second-order valence-electron chi connectivity index (χ2n) is 4.88. The number of carbonyl (C=O) groups is 1. The number of benzene rings is 2. The highest BCUT2D eigenvalue weighted by Gasteiger charge is 2.24. The summed E-state index contributed by atoms with van der Waals surface area (Å²) in [5, 5.41) is 9.47. The van der Waals surface area contributed by atoms with Crippen molar-refractivity contribution in [1.82, 2.24) is 0 Å². The van der Waals surface area contributed by atoms with Crippen LogP contribution in [0, 0.1) is 0 Å². The fourth-order valence-corrected chi connectivity index (χ4v) is 2.09. The number of ether oxygens (including phenoxy) is 5. The predicted octanol–water partition coefficient (Wildman–Crippen LogP) is 2.06. The Kier molecular flexibility index (Phi) is 6.47. The van der Waals surface area contributed by atoms with Gasteiger partial charge in [-0.2, -0.15) is 0 Å². The van der Waals surface area contributed by atoms with E-state index < -0.39 is 18.7 Å². The molecular formula is C18H20O7. The standard InChI is InChI=1S/C18H20O7/c1-21-13-6-4-5-7-15(13)25-17(11-19)18(20)24-12-8-9-14(22-2)16(10-12)23-3/h4-10,17,19H,11H2,1-3H3. The smallest absolute Gasteiger partial charge is 0.355 e. The van der Waals surface area contributed by atoms with E-state index in [-0.39, 0.29) is 5.75 Å². The SMILES string of the molecule is COc1ccc(OC(=O)C(CO)Oc2ccccc2OC)cc1OC. The first-order valence-electron chi connectivity index (χ1n) is 7.47. The quantitative estimate of drug-likeness (QED) is 0.577. The van der Waals surface area contributed by atoms with E-state index in [9.17, 15) is 9.90 Å². The third-order valence-corrected chi connectivity index (χ3v) is 3.34. The first kappa shape index (κ1) is 18.4. The Labute approximate surface area is 145 Å². The van der Waals surface area contributed by atoms with E-state index in [4.69, 9.17) is 23.7 Å². The molecule has 2 aromatic rings. The topological polar surface area (TPSA) is 83.5 Å². The molecule has 134 valence electrons. The zero-order valence-electron chi connectivity index (χ0n) is 14.2. The zero-order valence-corrected chi connectivity index (χ0v) is 14.2. The summed E-state index contributed by atoms with van der Waals surface area (Å²) >= 11 is 0. The van der Waals surface area contributed by atoms with Crippen LogP contribution in [0.15, 0.2) is 42.5 Å². The molecule has 0 aliphatic rings. The van der Waals surface area contributed by atoms with E-state index in [0.717, 1.165) is 0 Å². The van der Waals surface area contributed by atoms with E-state index in [1.807, 2.05) is 0 Å². The fraction of sp³-hybridized carbons (Fsp3) is 0.278. The summed E-state index contributed by atoms with van der Waals surface area (Å²) in [4.78, 5) is 12.3. The first-order valence-corrected chi connectivity index (χ1v) is 7.47. The molecule has 0 heterocycles. The van der Waals surface area contributed by atoms with E-state index in [2.05, 4.69) is 0 Å². The molecule has 2 rings (SSSR count). The van der Waals surface area contributed by atoms with Gasteiger partial charge in [-0.3, -0.25) is 0 Å². The van der Waals surface area contributed by atoms with Crippen molar-refractivity contribution in [2.45, 2.75) is 6.10 Å². The van der Waals surface area contributed by atoms with Gasteiger partial charge in [0.2, 0.25) is 6.10 Å². The van der Waals surface area contributed by atoms with Gasteiger partial charge in [0.15, 0.2) is 23.0 Å². The van der Waals surface area contributed by atoms with Crippen molar-refractivity contribution < 1.29 is 33.6 Å². The van der Waals surface area contributed by atoms with Crippen molar-refractivity contribution in [2.24, 2.45) is 0 Å². The van der Waals surface area contributed by atoms with Crippen molar-refractivity contribution in [3.63, 3.8) is 0 Å². The van der Waals surface area contributed by atoms with Crippen LogP contribution in [0.3, 0.4) is 0 Å². The minimum Gasteiger partial charge on any atom is -0.493 e. The maximum absolute atomic E-state index is 12.3. The summed E-state index contributed by atoms with van der Waals surface area (Å²) < 4.78 is 26.2. The maximum atomic E-state index is 12.3. The third kappa shape index (κ3) is 4.54. The molecule has 25 heavy (non-hydrogen) atoms. The summed E-state index contributed by atoms with van der Waals surface area (Å²) in [6.07, 6.45) is -1.20. The number of rotatable bonds is 8. The number of aliphatic hydroxyl groups excluding tert-OH is 1. The molecule has 0 spiro atoms. The van der Waals surface area contributed by atoms with Crippen LogP contribution < -0.4 is 23.7 Å². The number of hydrogen-bond donors (Lipinski definition) is 1. The van der Waals surface area contributed by atoms with Crippen LogP contribution in [-0.2, 0) is 4.79 Å². The lowest BCUT2D eigenvalue weighted by Gasteiger charge is -2.17. The van der Waals surface area contributed by atoms with E-state index in [1.54, 1.807) is 36.4 Å². The van der Waals surface area contributed by atoms with Gasteiger partial charge in [-0.05, 0) is 24.3 Å². The fourth-order valence-electron chi connectivity index (χ4n) is 2.09. The molecule has 0 aliphatic heterocycles. The predicted molar refractivity (Wildman–Crippen MR) is 89.7 cm³/mol. The van der Waals surface area contributed by atoms with E-state index >= 15 is 0 Å². The van der Waals surface area contributed by atoms with E-state index in [1.165, 1.54) is 27.4 Å². The van der Waals surface area contributed by atoms with Gasteiger partial charge >= 0.3 is 5.97 Å². The Morgan fingerprint density at radius 3 is 2.12 bits per heavy atom. The molecule has 0 fully saturated rings. The molecule has 0 aliphatic carbocycles. The van der Waals surface area contributed by atoms with Gasteiger partial charge in [0, 0.05) is 6.07 Å². The van der Waals surface area contributed by atoms with Gasteiger partial charge in [0.1, 0.15) is 5.75 Å². The second-order valence-corrected chi connectivity index (χ2v) is 4.88. The number of methoxy groups -OCH3 is 3. The van der Waals surface area contributed by atoms with Crippen LogP contribution in [0.2, 0.25) is 0 Å². The molecule has 0 saturated heterocycles.